The summed E-state index contributed by atoms with van der Waals surface area (Å²) in [7, 11) is 0. The molecule has 0 unspecified atom stereocenters. The predicted octanol–water partition coefficient (Wildman–Crippen LogP) is 17.7. The third-order valence-corrected chi connectivity index (χ3v) is 19.1. The molecule has 0 saturated carbocycles. The van der Waals surface area contributed by atoms with Crippen molar-refractivity contribution >= 4 is 153 Å². The van der Waals surface area contributed by atoms with Crippen LogP contribution in [0, 0.1) is 40.5 Å². The van der Waals surface area contributed by atoms with Gasteiger partial charge in [-0.2, -0.15) is 0 Å². The van der Waals surface area contributed by atoms with E-state index < -0.39 is 43.5 Å². The normalized spacial score (nSPS) is 11.7. The van der Waals surface area contributed by atoms with Gasteiger partial charge in [0.15, 0.2) is 5.78 Å². The summed E-state index contributed by atoms with van der Waals surface area (Å²) in [4.78, 5) is 105. The Morgan fingerprint density at radius 1 is 0.514 bits per heavy atom. The molecule has 12 rings (SSSR count). The molecule has 0 aliphatic rings. The first-order valence-corrected chi connectivity index (χ1v) is 37.1. The maximum Gasteiger partial charge on any atom is 0.408 e. The van der Waals surface area contributed by atoms with E-state index in [4.69, 9.17) is 46.8 Å². The van der Waals surface area contributed by atoms with Gasteiger partial charge in [-0.25, -0.2) is 19.7 Å². The van der Waals surface area contributed by atoms with Gasteiger partial charge in [-0.05, 0) is 132 Å². The lowest BCUT2D eigenvalue weighted by atomic mass is 10.0. The predicted molar refractivity (Wildman–Crippen MR) is 432 cm³/mol. The molecule has 0 fully saturated rings. The number of alkyl halides is 1. The Morgan fingerprint density at radius 3 is 1.23 bits per heavy atom. The summed E-state index contributed by atoms with van der Waals surface area (Å²) < 4.78 is 21.7. The number of carbonyl (C=O) groups is 4. The maximum absolute atomic E-state index is 12.8. The van der Waals surface area contributed by atoms with E-state index in [9.17, 15) is 59.6 Å². The fraction of sp³-hybridized carbons (Fsp3) is 0.192. The monoisotopic (exact) mass is 1770 g/mol. The molecule has 5 aromatic carbocycles. The fourth-order valence-electron chi connectivity index (χ4n) is 9.62. The number of oxazole rings is 3. The molecule has 0 saturated heterocycles. The Hall–Kier alpha value is -10.3. The van der Waals surface area contributed by atoms with E-state index in [2.05, 4.69) is 41.5 Å². The first kappa shape index (κ1) is 87.6. The van der Waals surface area contributed by atoms with Crippen molar-refractivity contribution in [2.24, 2.45) is 17.2 Å². The highest BCUT2D eigenvalue weighted by Crippen LogP contribution is 2.31. The van der Waals surface area contributed by atoms with Crippen LogP contribution in [0.2, 0.25) is 5.02 Å². The first-order valence-electron chi connectivity index (χ1n) is 32.0. The number of alkyl carbamates (subject to hydrolysis) is 1. The van der Waals surface area contributed by atoms with Gasteiger partial charge in [0.1, 0.15) is 30.1 Å². The Bertz CT molecular complexity index is 4740. The van der Waals surface area contributed by atoms with Crippen molar-refractivity contribution in [3.63, 3.8) is 0 Å². The number of nitro benzene ring substituents is 4. The lowest BCUT2D eigenvalue weighted by Gasteiger charge is -2.23. The highest BCUT2D eigenvalue weighted by molar-refractivity contribution is 9.09. The highest BCUT2D eigenvalue weighted by atomic mass is 79.9. The van der Waals surface area contributed by atoms with Crippen LogP contribution in [0.4, 0.5) is 27.5 Å². The average molecular weight is 1770 g/mol. The lowest BCUT2D eigenvalue weighted by molar-refractivity contribution is -0.385. The lowest BCUT2D eigenvalue weighted by Crippen LogP contribution is -2.45. The number of ether oxygens (including phenoxy) is 1. The van der Waals surface area contributed by atoms with Gasteiger partial charge < -0.3 is 45.8 Å². The SMILES string of the molecule is Br.Br.CC(C)(C)OC(=O)N[C@@H](Cc1ccc([N+](=O)[O-])cc1)C(=O)CBr.NC(=O)c1cccs1.N[C@@H](Cc1ccc([N+](=O)[O-])cc1)c1coc(-c2cccs2)n1.N[C@@H](Cc1ccc([N+](=O)[O-])cc1)c1coc(-c2cccs2)n1.O=C(Cc1cccc(Cl)c1)N[C@@H](Cc1ccc([N+](=O)[O-])cc1)c1coc(-c2cccs2)n1. The summed E-state index contributed by atoms with van der Waals surface area (Å²) in [5.74, 6) is 0.843. The minimum atomic E-state index is -0.773. The van der Waals surface area contributed by atoms with Crippen LogP contribution in [0.15, 0.2) is 223 Å². The summed E-state index contributed by atoms with van der Waals surface area (Å²) in [6.07, 6.45) is 5.83. The number of ketones is 1. The largest absolute Gasteiger partial charge is 0.444 e. The number of primary amides is 1. The van der Waals surface area contributed by atoms with Crippen LogP contribution in [0.1, 0.15) is 93.5 Å². The number of hydrogen-bond donors (Lipinski definition) is 5. The fourth-order valence-corrected chi connectivity index (χ4v) is 12.8. The zero-order chi connectivity index (χ0) is 77.2. The minimum Gasteiger partial charge on any atom is -0.444 e. The van der Waals surface area contributed by atoms with Crippen LogP contribution in [0.3, 0.4) is 0 Å². The molecule has 0 aliphatic heterocycles. The molecule has 0 bridgehead atoms. The highest BCUT2D eigenvalue weighted by Gasteiger charge is 2.26. The number of nitrogens with one attached hydrogen (secondary N) is 2. The molecule has 7 heterocycles. The van der Waals surface area contributed by atoms with Crippen molar-refractivity contribution in [1.82, 2.24) is 25.6 Å². The van der Waals surface area contributed by atoms with Crippen molar-refractivity contribution in [2.45, 2.75) is 82.6 Å². The van der Waals surface area contributed by atoms with Gasteiger partial charge in [-0.15, -0.1) is 79.3 Å². The summed E-state index contributed by atoms with van der Waals surface area (Å²) in [5, 5.41) is 56.7. The van der Waals surface area contributed by atoms with E-state index in [0.717, 1.165) is 36.9 Å². The van der Waals surface area contributed by atoms with Crippen LogP contribution < -0.4 is 27.8 Å². The second-order valence-corrected chi connectivity index (χ2v) is 28.7. The Labute approximate surface area is 673 Å². The van der Waals surface area contributed by atoms with E-state index >= 15 is 0 Å². The van der Waals surface area contributed by atoms with Crippen LogP contribution in [-0.4, -0.2) is 75.3 Å². The van der Waals surface area contributed by atoms with Gasteiger partial charge in [0.05, 0.1) is 86.5 Å². The van der Waals surface area contributed by atoms with Gasteiger partial charge >= 0.3 is 6.09 Å². The van der Waals surface area contributed by atoms with Gasteiger partial charge in [0.25, 0.3) is 28.7 Å². The number of halogens is 4. The number of nitro groups is 4. The number of nitrogens with zero attached hydrogens (tertiary/aromatic N) is 7. The molecule has 3 amide bonds. The number of aromatic nitrogens is 3. The Kier molecular flexibility index (Phi) is 34.6. The molecule has 570 valence electrons. The van der Waals surface area contributed by atoms with Crippen LogP contribution >= 0.6 is 107 Å². The summed E-state index contributed by atoms with van der Waals surface area (Å²) in [5.41, 5.74) is 22.7. The molecule has 4 atom stereocenters. The second-order valence-electron chi connectivity index (χ2n) is 24.0. The average Bonchev–Trinajstić information content (AvgIpc) is 1.75. The van der Waals surface area contributed by atoms with Gasteiger partial charge in [0.2, 0.25) is 23.6 Å². The molecule has 12 aromatic rings. The van der Waals surface area contributed by atoms with Gasteiger partial charge in [-0.1, -0.05) is 112 Å². The number of nitrogens with two attached hydrogens (primary N) is 3. The number of amides is 3. The molecule has 8 N–H and O–H groups in total. The van der Waals surface area contributed by atoms with E-state index in [1.54, 1.807) is 135 Å². The van der Waals surface area contributed by atoms with Crippen molar-refractivity contribution in [3.05, 3.63) is 305 Å². The van der Waals surface area contributed by atoms with Gasteiger partial charge in [0, 0.05) is 53.6 Å². The molecule has 7 aromatic heterocycles. The smallest absolute Gasteiger partial charge is 0.408 e. The molecule has 0 spiro atoms. The number of Topliss-reactive ketones (excluding diaryl/α,β-unsaturated/α-hetero) is 1. The number of hydrogen-bond acceptors (Lipinski definition) is 25. The minimum absolute atomic E-state index is 0. The summed E-state index contributed by atoms with van der Waals surface area (Å²) in [6, 6.07) is 45.1. The molecular formula is C73H70Br3ClN12O16S4. The number of non-ortho nitro benzene ring substituents is 4. The maximum atomic E-state index is 12.8. The van der Waals surface area contributed by atoms with E-state index in [1.165, 1.54) is 77.5 Å². The number of thiophene rings is 4. The number of rotatable bonds is 25. The zero-order valence-electron chi connectivity index (χ0n) is 57.9. The molecule has 36 heteroatoms. The summed E-state index contributed by atoms with van der Waals surface area (Å²) in [6.45, 7) is 5.18. The van der Waals surface area contributed by atoms with Crippen molar-refractivity contribution in [2.75, 3.05) is 5.33 Å². The zero-order valence-corrected chi connectivity index (χ0v) is 66.9. The number of carbonyl (C=O) groups excluding carboxylic acids is 4. The van der Waals surface area contributed by atoms with Gasteiger partial charge in [-0.3, -0.25) is 54.8 Å². The molecule has 109 heavy (non-hydrogen) atoms. The first-order chi connectivity index (χ1) is 51.2. The van der Waals surface area contributed by atoms with E-state index in [1.807, 2.05) is 64.0 Å². The standard InChI is InChI=1S/C23H18ClN3O4S.C15H19BrN2O5.2C15H13N3O3S.C5H5NOS.2BrH/c24-17-4-1-3-16(11-17)13-22(28)25-19(12-15-6-8-18(9-7-15)27(29)30)20-14-31-23(26-20)21-5-2-10-32-21;1-15(2,3)23-14(20)17-12(13(19)9-16)8-10-4-6-11(7-5-10)18(21)22;2*16-12(8-10-3-5-11(6-4-10)18(19)20)13-9-21-15(17-13)14-2-1-7-22-14;6-5(7)4-2-1-3-8-4;;/h1-11,14,19H,12-13H2,(H,25,28);4-7,12H,8-9H2,1-3H3,(H,17,20);2*1-7,9,12H,8,16H2;1-3H,(H2,6,7);2*1H/t19-;3*12-;;;/m0000.../s1. The Balaban J connectivity index is 0.000000220. The van der Waals surface area contributed by atoms with Crippen LogP contribution in [0.5, 0.6) is 0 Å². The molecular weight excluding hydrogens is 1700 g/mol. The van der Waals surface area contributed by atoms with Crippen molar-refractivity contribution in [3.8, 4) is 32.3 Å². The van der Waals surface area contributed by atoms with Crippen LogP contribution in [-0.2, 0) is 46.4 Å². The van der Waals surface area contributed by atoms with Crippen molar-refractivity contribution < 1.29 is 56.9 Å². The molecule has 0 radical (unpaired) electrons. The van der Waals surface area contributed by atoms with Crippen molar-refractivity contribution in [1.29, 1.82) is 0 Å². The third kappa shape index (κ3) is 28.3. The number of benzene rings is 5. The van der Waals surface area contributed by atoms with E-state index in [-0.39, 0.29) is 105 Å². The Morgan fingerprint density at radius 2 is 0.890 bits per heavy atom. The molecule has 0 aliphatic carbocycles. The second kappa shape index (κ2) is 43.0. The third-order valence-electron chi connectivity index (χ3n) is 14.8. The van der Waals surface area contributed by atoms with E-state index in [0.29, 0.717) is 69.5 Å². The summed E-state index contributed by atoms with van der Waals surface area (Å²) >= 11 is 15.1. The topological polar surface area (TPSA) is 430 Å². The quantitative estimate of drug-likeness (QED) is 0.0201. The van der Waals surface area contributed by atoms with Crippen LogP contribution in [0.25, 0.3) is 32.3 Å². The molecule has 28 nitrogen and oxygen atoms in total.